The van der Waals surface area contributed by atoms with E-state index in [1.807, 2.05) is 19.1 Å². The average Bonchev–Trinajstić information content (AvgIpc) is 2.92. The van der Waals surface area contributed by atoms with Crippen LogP contribution >= 0.6 is 11.3 Å². The van der Waals surface area contributed by atoms with Crippen molar-refractivity contribution in [3.05, 3.63) is 51.7 Å². The third-order valence-electron chi connectivity index (χ3n) is 2.89. The van der Waals surface area contributed by atoms with Crippen LogP contribution < -0.4 is 5.32 Å². The Kier molecular flexibility index (Phi) is 4.85. The Hall–Kier alpha value is -2.45. The third-order valence-corrected chi connectivity index (χ3v) is 3.93. The summed E-state index contributed by atoms with van der Waals surface area (Å²) in [6, 6.07) is 12.3. The maximum atomic E-state index is 11.9. The second-order valence-corrected chi connectivity index (χ2v) is 5.86. The molecule has 0 aliphatic heterocycles. The Balaban J connectivity index is 1.84. The minimum Gasteiger partial charge on any atom is -0.326 e. The van der Waals surface area contributed by atoms with E-state index in [1.165, 1.54) is 11.3 Å². The standard InChI is InChI=1S/C16H14N2O2S/c1-11-2-8-15(21-11)14(19)7-9-16(20)18-13-5-3-12(10-17)4-6-13/h2-6,8H,7,9H2,1H3,(H,18,20). The molecular weight excluding hydrogens is 284 g/mol. The molecule has 2 rings (SSSR count). The van der Waals surface area contributed by atoms with Crippen molar-refractivity contribution in [2.75, 3.05) is 5.32 Å². The number of ketones is 1. The van der Waals surface area contributed by atoms with Crippen LogP contribution in [0.15, 0.2) is 36.4 Å². The predicted octanol–water partition coefficient (Wildman–Crippen LogP) is 3.53. The van der Waals surface area contributed by atoms with Crippen LogP contribution in [0.2, 0.25) is 0 Å². The maximum absolute atomic E-state index is 11.9. The molecule has 0 bridgehead atoms. The summed E-state index contributed by atoms with van der Waals surface area (Å²) in [7, 11) is 0. The highest BCUT2D eigenvalue weighted by Crippen LogP contribution is 2.17. The van der Waals surface area contributed by atoms with Crippen LogP contribution in [0.3, 0.4) is 0 Å². The molecule has 0 aliphatic carbocycles. The van der Waals surface area contributed by atoms with E-state index in [-0.39, 0.29) is 24.5 Å². The topological polar surface area (TPSA) is 70.0 Å². The summed E-state index contributed by atoms with van der Waals surface area (Å²) >= 11 is 1.44. The van der Waals surface area contributed by atoms with Crippen LogP contribution in [-0.4, -0.2) is 11.7 Å². The van der Waals surface area contributed by atoms with Crippen molar-refractivity contribution in [1.82, 2.24) is 0 Å². The molecule has 0 fully saturated rings. The van der Waals surface area contributed by atoms with E-state index >= 15 is 0 Å². The Morgan fingerprint density at radius 3 is 2.43 bits per heavy atom. The molecule has 5 heteroatoms. The SMILES string of the molecule is Cc1ccc(C(=O)CCC(=O)Nc2ccc(C#N)cc2)s1. The van der Waals surface area contributed by atoms with Crippen molar-refractivity contribution in [3.8, 4) is 6.07 Å². The van der Waals surface area contributed by atoms with E-state index in [0.29, 0.717) is 16.1 Å². The van der Waals surface area contributed by atoms with Crippen molar-refractivity contribution >= 4 is 28.7 Å². The molecule has 1 N–H and O–H groups in total. The summed E-state index contributed by atoms with van der Waals surface area (Å²) in [5, 5.41) is 11.4. The highest BCUT2D eigenvalue weighted by molar-refractivity contribution is 7.14. The number of thiophene rings is 1. The fourth-order valence-electron chi connectivity index (χ4n) is 1.79. The van der Waals surface area contributed by atoms with Gasteiger partial charge < -0.3 is 5.32 Å². The number of Topliss-reactive ketones (excluding diaryl/α,β-unsaturated/α-hetero) is 1. The van der Waals surface area contributed by atoms with Gasteiger partial charge >= 0.3 is 0 Å². The van der Waals surface area contributed by atoms with E-state index in [0.717, 1.165) is 4.88 Å². The van der Waals surface area contributed by atoms with Gasteiger partial charge in [-0.1, -0.05) is 0 Å². The summed E-state index contributed by atoms with van der Waals surface area (Å²) < 4.78 is 0. The number of carbonyl (C=O) groups excluding carboxylic acids is 2. The number of nitriles is 1. The maximum Gasteiger partial charge on any atom is 0.224 e. The lowest BCUT2D eigenvalue weighted by Crippen LogP contribution is -2.13. The number of nitrogens with zero attached hydrogens (tertiary/aromatic N) is 1. The molecule has 0 radical (unpaired) electrons. The van der Waals surface area contributed by atoms with Crippen molar-refractivity contribution < 1.29 is 9.59 Å². The van der Waals surface area contributed by atoms with Crippen molar-refractivity contribution in [2.45, 2.75) is 19.8 Å². The minimum absolute atomic E-state index is 0.0110. The monoisotopic (exact) mass is 298 g/mol. The second kappa shape index (κ2) is 6.82. The van der Waals surface area contributed by atoms with Gasteiger partial charge in [-0.2, -0.15) is 5.26 Å². The molecule has 21 heavy (non-hydrogen) atoms. The van der Waals surface area contributed by atoms with Crippen LogP contribution in [0.5, 0.6) is 0 Å². The molecule has 0 atom stereocenters. The van der Waals surface area contributed by atoms with Gasteiger partial charge in [-0.15, -0.1) is 11.3 Å². The first-order chi connectivity index (χ1) is 10.1. The van der Waals surface area contributed by atoms with E-state index in [9.17, 15) is 9.59 Å². The van der Waals surface area contributed by atoms with Gasteiger partial charge in [0.2, 0.25) is 5.91 Å². The van der Waals surface area contributed by atoms with Crippen LogP contribution in [0, 0.1) is 18.3 Å². The van der Waals surface area contributed by atoms with Gasteiger partial charge in [0.05, 0.1) is 16.5 Å². The Morgan fingerprint density at radius 1 is 1.14 bits per heavy atom. The molecular formula is C16H14N2O2S. The molecule has 1 aromatic carbocycles. The van der Waals surface area contributed by atoms with Gasteiger partial charge in [-0.05, 0) is 43.3 Å². The fraction of sp³-hybridized carbons (Fsp3) is 0.188. The van der Waals surface area contributed by atoms with Crippen LogP contribution in [0.1, 0.15) is 33.0 Å². The summed E-state index contributed by atoms with van der Waals surface area (Å²) in [6.45, 7) is 1.94. The average molecular weight is 298 g/mol. The van der Waals surface area contributed by atoms with Gasteiger partial charge in [0.25, 0.3) is 0 Å². The lowest BCUT2D eigenvalue weighted by molar-refractivity contribution is -0.116. The molecule has 2 aromatic rings. The van der Waals surface area contributed by atoms with Crippen LogP contribution in [0.25, 0.3) is 0 Å². The molecule has 1 aromatic heterocycles. The van der Waals surface area contributed by atoms with Crippen LogP contribution in [-0.2, 0) is 4.79 Å². The zero-order chi connectivity index (χ0) is 15.2. The lowest BCUT2D eigenvalue weighted by atomic mass is 10.1. The molecule has 0 saturated carbocycles. The second-order valence-electron chi connectivity index (χ2n) is 4.57. The number of carbonyl (C=O) groups is 2. The molecule has 0 unspecified atom stereocenters. The van der Waals surface area contributed by atoms with Gasteiger partial charge in [-0.25, -0.2) is 0 Å². The number of hydrogen-bond acceptors (Lipinski definition) is 4. The number of hydrogen-bond donors (Lipinski definition) is 1. The first-order valence-corrected chi connectivity index (χ1v) is 7.30. The third kappa shape index (κ3) is 4.26. The molecule has 1 amide bonds. The molecule has 4 nitrogen and oxygen atoms in total. The summed E-state index contributed by atoms with van der Waals surface area (Å²) in [5.74, 6) is -0.218. The fourth-order valence-corrected chi connectivity index (χ4v) is 2.62. The number of anilines is 1. The Morgan fingerprint density at radius 2 is 1.86 bits per heavy atom. The summed E-state index contributed by atoms with van der Waals surface area (Å²) in [4.78, 5) is 25.5. The molecule has 106 valence electrons. The summed E-state index contributed by atoms with van der Waals surface area (Å²) in [5.41, 5.74) is 1.16. The van der Waals surface area contributed by atoms with Gasteiger partial charge in [0.15, 0.2) is 5.78 Å². The number of aryl methyl sites for hydroxylation is 1. The minimum atomic E-state index is -0.207. The van der Waals surface area contributed by atoms with Gasteiger partial charge in [-0.3, -0.25) is 9.59 Å². The number of amides is 1. The van der Waals surface area contributed by atoms with Crippen molar-refractivity contribution in [2.24, 2.45) is 0 Å². The zero-order valence-corrected chi connectivity index (χ0v) is 12.4. The van der Waals surface area contributed by atoms with Gasteiger partial charge in [0, 0.05) is 23.4 Å². The first-order valence-electron chi connectivity index (χ1n) is 6.48. The Labute approximate surface area is 127 Å². The van der Waals surface area contributed by atoms with E-state index in [2.05, 4.69) is 5.32 Å². The van der Waals surface area contributed by atoms with E-state index < -0.39 is 0 Å². The Bertz CT molecular complexity index is 696. The van der Waals surface area contributed by atoms with Crippen molar-refractivity contribution in [3.63, 3.8) is 0 Å². The summed E-state index contributed by atoms with van der Waals surface area (Å²) in [6.07, 6.45) is 0.345. The smallest absolute Gasteiger partial charge is 0.224 e. The van der Waals surface area contributed by atoms with Crippen molar-refractivity contribution in [1.29, 1.82) is 5.26 Å². The van der Waals surface area contributed by atoms with Gasteiger partial charge in [0.1, 0.15) is 0 Å². The van der Waals surface area contributed by atoms with Crippen LogP contribution in [0.4, 0.5) is 5.69 Å². The first kappa shape index (κ1) is 14.9. The quantitative estimate of drug-likeness (QED) is 0.858. The number of benzene rings is 1. The normalized spacial score (nSPS) is 9.90. The predicted molar refractivity (Wildman–Crippen MR) is 82.4 cm³/mol. The highest BCUT2D eigenvalue weighted by Gasteiger charge is 2.11. The molecule has 1 heterocycles. The van der Waals surface area contributed by atoms with E-state index in [1.54, 1.807) is 30.3 Å². The zero-order valence-electron chi connectivity index (χ0n) is 11.6. The number of rotatable bonds is 5. The molecule has 0 saturated heterocycles. The highest BCUT2D eigenvalue weighted by atomic mass is 32.1. The lowest BCUT2D eigenvalue weighted by Gasteiger charge is -2.04. The molecule has 0 spiro atoms. The number of nitrogens with one attached hydrogen (secondary N) is 1. The molecule has 0 aliphatic rings. The largest absolute Gasteiger partial charge is 0.326 e. The van der Waals surface area contributed by atoms with E-state index in [4.69, 9.17) is 5.26 Å².